The van der Waals surface area contributed by atoms with Gasteiger partial charge in [0.1, 0.15) is 12.6 Å². The van der Waals surface area contributed by atoms with Crippen LogP contribution in [0.15, 0.2) is 65.8 Å². The maximum absolute atomic E-state index is 5.86. The number of aromatic nitrogens is 1. The molecule has 1 aromatic heterocycles. The average molecular weight is 276 g/mol. The molecule has 3 nitrogen and oxygen atoms in total. The Balaban J connectivity index is 1.77. The quantitative estimate of drug-likeness (QED) is 0.701. The standard InChI is InChI=1S/C18H16N2O/c1-20-11-15(14-9-5-6-10-17(14)20)18-19-16(12-21-18)13-7-3-2-4-8-13/h2-11,16H,12H2,1H3/t16-/m1/s1. The highest BCUT2D eigenvalue weighted by atomic mass is 16.5. The summed E-state index contributed by atoms with van der Waals surface area (Å²) < 4.78 is 7.98. The maximum Gasteiger partial charge on any atom is 0.219 e. The van der Waals surface area contributed by atoms with Crippen LogP contribution in [0.3, 0.4) is 0 Å². The Hall–Kier alpha value is -2.55. The maximum atomic E-state index is 5.86. The number of nitrogens with zero attached hydrogens (tertiary/aromatic N) is 2. The molecule has 2 heterocycles. The zero-order valence-corrected chi connectivity index (χ0v) is 11.9. The molecule has 1 aliphatic rings. The summed E-state index contributed by atoms with van der Waals surface area (Å²) in [5.41, 5.74) is 3.47. The van der Waals surface area contributed by atoms with Crippen LogP contribution in [0.1, 0.15) is 17.2 Å². The molecule has 0 aliphatic carbocycles. The van der Waals surface area contributed by atoms with Crippen molar-refractivity contribution in [2.45, 2.75) is 6.04 Å². The van der Waals surface area contributed by atoms with Gasteiger partial charge in [0.25, 0.3) is 0 Å². The number of ether oxygens (including phenoxy) is 1. The van der Waals surface area contributed by atoms with Crippen LogP contribution in [0.4, 0.5) is 0 Å². The van der Waals surface area contributed by atoms with Gasteiger partial charge in [0.2, 0.25) is 5.90 Å². The number of benzene rings is 2. The smallest absolute Gasteiger partial charge is 0.219 e. The first kappa shape index (κ1) is 12.2. The summed E-state index contributed by atoms with van der Waals surface area (Å²) in [5.74, 6) is 0.751. The van der Waals surface area contributed by atoms with Gasteiger partial charge in [0.15, 0.2) is 0 Å². The molecule has 0 unspecified atom stereocenters. The van der Waals surface area contributed by atoms with Gasteiger partial charge in [-0.1, -0.05) is 48.5 Å². The lowest BCUT2D eigenvalue weighted by atomic mass is 10.1. The summed E-state index contributed by atoms with van der Waals surface area (Å²) in [6.07, 6.45) is 2.09. The Kier molecular flexibility index (Phi) is 2.78. The average Bonchev–Trinajstić information content (AvgIpc) is 3.14. The monoisotopic (exact) mass is 276 g/mol. The Morgan fingerprint density at radius 2 is 1.81 bits per heavy atom. The van der Waals surface area contributed by atoms with E-state index in [0.717, 1.165) is 11.5 Å². The first-order valence-electron chi connectivity index (χ1n) is 7.13. The van der Waals surface area contributed by atoms with Crippen LogP contribution in [-0.2, 0) is 11.8 Å². The van der Waals surface area contributed by atoms with Gasteiger partial charge in [0, 0.05) is 24.1 Å². The zero-order valence-electron chi connectivity index (χ0n) is 11.9. The molecule has 0 N–H and O–H groups in total. The van der Waals surface area contributed by atoms with E-state index in [1.165, 1.54) is 16.5 Å². The van der Waals surface area contributed by atoms with Crippen molar-refractivity contribution in [2.75, 3.05) is 6.61 Å². The van der Waals surface area contributed by atoms with E-state index in [4.69, 9.17) is 9.73 Å². The fourth-order valence-corrected chi connectivity index (χ4v) is 2.88. The number of hydrogen-bond donors (Lipinski definition) is 0. The topological polar surface area (TPSA) is 26.5 Å². The largest absolute Gasteiger partial charge is 0.475 e. The Bertz CT molecular complexity index is 818. The molecule has 0 saturated carbocycles. The van der Waals surface area contributed by atoms with Crippen molar-refractivity contribution in [3.63, 3.8) is 0 Å². The van der Waals surface area contributed by atoms with Crippen LogP contribution in [0, 0.1) is 0 Å². The van der Waals surface area contributed by atoms with E-state index in [2.05, 4.69) is 54.2 Å². The SMILES string of the molecule is Cn1cc(C2=N[C@@H](c3ccccc3)CO2)c2ccccc21. The van der Waals surface area contributed by atoms with E-state index in [1.807, 2.05) is 18.2 Å². The van der Waals surface area contributed by atoms with Gasteiger partial charge in [-0.05, 0) is 11.6 Å². The number of hydrogen-bond acceptors (Lipinski definition) is 2. The molecule has 3 aromatic rings. The summed E-state index contributed by atoms with van der Waals surface area (Å²) in [5, 5.41) is 1.19. The molecule has 104 valence electrons. The molecular formula is C18H16N2O. The van der Waals surface area contributed by atoms with Gasteiger partial charge < -0.3 is 9.30 Å². The van der Waals surface area contributed by atoms with Gasteiger partial charge >= 0.3 is 0 Å². The highest BCUT2D eigenvalue weighted by Crippen LogP contribution is 2.28. The Morgan fingerprint density at radius 1 is 1.05 bits per heavy atom. The lowest BCUT2D eigenvalue weighted by Gasteiger charge is -2.03. The second-order valence-corrected chi connectivity index (χ2v) is 5.34. The van der Waals surface area contributed by atoms with E-state index >= 15 is 0 Å². The van der Waals surface area contributed by atoms with Crippen LogP contribution in [0.2, 0.25) is 0 Å². The van der Waals surface area contributed by atoms with Crippen LogP contribution >= 0.6 is 0 Å². The number of rotatable bonds is 2. The van der Waals surface area contributed by atoms with Gasteiger partial charge in [-0.3, -0.25) is 0 Å². The molecule has 0 fully saturated rings. The summed E-state index contributed by atoms with van der Waals surface area (Å²) in [7, 11) is 2.05. The van der Waals surface area contributed by atoms with E-state index in [1.54, 1.807) is 0 Å². The van der Waals surface area contributed by atoms with Crippen molar-refractivity contribution in [3.05, 3.63) is 71.9 Å². The van der Waals surface area contributed by atoms with Gasteiger partial charge in [-0.2, -0.15) is 0 Å². The molecule has 1 atom stereocenters. The second-order valence-electron chi connectivity index (χ2n) is 5.34. The minimum atomic E-state index is 0.0974. The fraction of sp³-hybridized carbons (Fsp3) is 0.167. The Morgan fingerprint density at radius 3 is 2.67 bits per heavy atom. The zero-order chi connectivity index (χ0) is 14.2. The lowest BCUT2D eigenvalue weighted by Crippen LogP contribution is -2.00. The highest BCUT2D eigenvalue weighted by Gasteiger charge is 2.23. The van der Waals surface area contributed by atoms with Crippen molar-refractivity contribution in [1.82, 2.24) is 4.57 Å². The van der Waals surface area contributed by atoms with E-state index < -0.39 is 0 Å². The second kappa shape index (κ2) is 4.77. The van der Waals surface area contributed by atoms with Gasteiger partial charge in [-0.15, -0.1) is 0 Å². The van der Waals surface area contributed by atoms with Crippen molar-refractivity contribution in [2.24, 2.45) is 12.0 Å². The van der Waals surface area contributed by atoms with Crippen LogP contribution in [-0.4, -0.2) is 17.1 Å². The molecule has 1 aliphatic heterocycles. The Labute approximate surface area is 123 Å². The lowest BCUT2D eigenvalue weighted by molar-refractivity contribution is 0.320. The minimum Gasteiger partial charge on any atom is -0.475 e. The summed E-state index contributed by atoms with van der Waals surface area (Å²) >= 11 is 0. The third-order valence-corrected chi connectivity index (χ3v) is 3.96. The van der Waals surface area contributed by atoms with E-state index in [-0.39, 0.29) is 6.04 Å². The third kappa shape index (κ3) is 2.02. The van der Waals surface area contributed by atoms with Crippen LogP contribution < -0.4 is 0 Å². The van der Waals surface area contributed by atoms with E-state index in [9.17, 15) is 0 Å². The number of aryl methyl sites for hydroxylation is 1. The van der Waals surface area contributed by atoms with Crippen LogP contribution in [0.25, 0.3) is 10.9 Å². The number of para-hydroxylation sites is 1. The summed E-state index contributed by atoms with van der Waals surface area (Å²) in [4.78, 5) is 4.77. The third-order valence-electron chi connectivity index (χ3n) is 3.96. The molecule has 0 bridgehead atoms. The predicted molar refractivity (Wildman–Crippen MR) is 84.6 cm³/mol. The predicted octanol–water partition coefficient (Wildman–Crippen LogP) is 3.70. The number of aliphatic imine (C=N–C) groups is 1. The van der Waals surface area contributed by atoms with Crippen LogP contribution in [0.5, 0.6) is 0 Å². The molecule has 0 amide bonds. The van der Waals surface area contributed by atoms with Crippen molar-refractivity contribution in [1.29, 1.82) is 0 Å². The molecular weight excluding hydrogens is 260 g/mol. The van der Waals surface area contributed by atoms with Crippen molar-refractivity contribution in [3.8, 4) is 0 Å². The van der Waals surface area contributed by atoms with Gasteiger partial charge in [-0.25, -0.2) is 4.99 Å². The molecule has 0 spiro atoms. The molecule has 0 radical (unpaired) electrons. The van der Waals surface area contributed by atoms with Crippen molar-refractivity contribution < 1.29 is 4.74 Å². The molecule has 2 aromatic carbocycles. The molecule has 0 saturated heterocycles. The van der Waals surface area contributed by atoms with Crippen molar-refractivity contribution >= 4 is 16.8 Å². The molecule has 4 rings (SSSR count). The van der Waals surface area contributed by atoms with Gasteiger partial charge in [0.05, 0.1) is 5.56 Å². The molecule has 21 heavy (non-hydrogen) atoms. The summed E-state index contributed by atoms with van der Waals surface area (Å²) in [6.45, 7) is 0.614. The van der Waals surface area contributed by atoms with E-state index in [0.29, 0.717) is 6.61 Å². The normalized spacial score (nSPS) is 17.8. The number of fused-ring (bicyclic) bond motifs is 1. The first-order chi connectivity index (χ1) is 10.3. The molecule has 3 heteroatoms. The summed E-state index contributed by atoms with van der Waals surface area (Å²) in [6, 6.07) is 18.7. The highest BCUT2D eigenvalue weighted by molar-refractivity contribution is 6.07. The first-order valence-corrected chi connectivity index (χ1v) is 7.13. The fourth-order valence-electron chi connectivity index (χ4n) is 2.88. The minimum absolute atomic E-state index is 0.0974.